The zero-order chi connectivity index (χ0) is 13.2. The molecule has 1 amide bonds. The molecule has 1 N–H and O–H groups in total. The molecule has 19 heavy (non-hydrogen) atoms. The lowest BCUT2D eigenvalue weighted by Crippen LogP contribution is -2.44. The van der Waals surface area contributed by atoms with Crippen molar-refractivity contribution in [2.24, 2.45) is 5.29 Å². The van der Waals surface area contributed by atoms with Crippen molar-refractivity contribution in [3.05, 3.63) is 28.7 Å². The molecule has 0 atom stereocenters. The Morgan fingerprint density at radius 2 is 1.89 bits per heavy atom. The number of piperazine rings is 1. The molecule has 2 aliphatic heterocycles. The molecular weight excluding hydrogens is 244 g/mol. The lowest BCUT2D eigenvalue weighted by Gasteiger charge is -2.33. The largest absolute Gasteiger partial charge is 0.368 e. The van der Waals surface area contributed by atoms with Crippen molar-refractivity contribution in [3.63, 3.8) is 0 Å². The number of nitrogens with zero attached hydrogens (tertiary/aromatic N) is 3. The Labute approximate surface area is 111 Å². The highest BCUT2D eigenvalue weighted by Gasteiger charge is 2.19. The summed E-state index contributed by atoms with van der Waals surface area (Å²) < 4.78 is 0. The number of nitroso groups, excluding NO2 is 1. The van der Waals surface area contributed by atoms with Gasteiger partial charge in [-0.3, -0.25) is 9.80 Å². The van der Waals surface area contributed by atoms with Crippen LogP contribution < -0.4 is 10.2 Å². The molecule has 0 aromatic heterocycles. The second kappa shape index (κ2) is 4.87. The van der Waals surface area contributed by atoms with Gasteiger partial charge < -0.3 is 10.2 Å². The number of rotatable bonds is 2. The van der Waals surface area contributed by atoms with Crippen LogP contribution in [0.3, 0.4) is 0 Å². The second-order valence-electron chi connectivity index (χ2n) is 4.91. The molecular formula is C13H16N4O2. The molecule has 2 aliphatic rings. The number of carbonyl (C=O) groups is 1. The third kappa shape index (κ3) is 2.38. The fraction of sp³-hybridized carbons (Fsp3) is 0.462. The summed E-state index contributed by atoms with van der Waals surface area (Å²) >= 11 is 0. The molecule has 100 valence electrons. The van der Waals surface area contributed by atoms with Gasteiger partial charge in [0, 0.05) is 30.9 Å². The van der Waals surface area contributed by atoms with Gasteiger partial charge in [0.2, 0.25) is 5.91 Å². The van der Waals surface area contributed by atoms with Crippen LogP contribution in [0.25, 0.3) is 0 Å². The zero-order valence-corrected chi connectivity index (χ0v) is 10.6. The van der Waals surface area contributed by atoms with Crippen LogP contribution in [0.1, 0.15) is 12.0 Å². The molecule has 1 fully saturated rings. The lowest BCUT2D eigenvalue weighted by atomic mass is 10.0. The number of nitrogens with one attached hydrogen (secondary N) is 1. The van der Waals surface area contributed by atoms with E-state index in [9.17, 15) is 9.70 Å². The predicted octanol–water partition coefficient (Wildman–Crippen LogP) is 1.37. The Morgan fingerprint density at radius 1 is 1.11 bits per heavy atom. The Hall–Kier alpha value is -2.11. The van der Waals surface area contributed by atoms with Crippen molar-refractivity contribution >= 4 is 17.3 Å². The molecule has 0 unspecified atom stereocenters. The van der Waals surface area contributed by atoms with Gasteiger partial charge in [0.1, 0.15) is 0 Å². The molecule has 1 aromatic carbocycles. The Bertz CT molecular complexity index is 509. The number of fused-ring (bicyclic) bond motifs is 1. The minimum absolute atomic E-state index is 0.0888. The van der Waals surface area contributed by atoms with Crippen molar-refractivity contribution in [1.82, 2.24) is 5.01 Å². The summed E-state index contributed by atoms with van der Waals surface area (Å²) in [5.74, 6) is 0.0888. The second-order valence-corrected chi connectivity index (χ2v) is 4.91. The molecule has 2 heterocycles. The highest BCUT2D eigenvalue weighted by atomic mass is 16.3. The first-order chi connectivity index (χ1) is 9.26. The smallest absolute Gasteiger partial charge is 0.224 e. The first-order valence-corrected chi connectivity index (χ1v) is 6.52. The van der Waals surface area contributed by atoms with Crippen LogP contribution in [0, 0.1) is 4.91 Å². The highest BCUT2D eigenvalue weighted by Crippen LogP contribution is 2.28. The number of anilines is 2. The first kappa shape index (κ1) is 12.0. The average Bonchev–Trinajstić information content (AvgIpc) is 2.47. The van der Waals surface area contributed by atoms with E-state index in [0.29, 0.717) is 19.5 Å². The van der Waals surface area contributed by atoms with E-state index in [4.69, 9.17) is 0 Å². The molecule has 0 bridgehead atoms. The Morgan fingerprint density at radius 3 is 2.63 bits per heavy atom. The number of amides is 1. The van der Waals surface area contributed by atoms with E-state index in [-0.39, 0.29) is 5.91 Å². The van der Waals surface area contributed by atoms with E-state index >= 15 is 0 Å². The standard InChI is InChI=1S/C13H16N4O2/c18-13-4-1-10-9-11(2-3-12(10)14-13)16-5-7-17(15-19)8-6-16/h2-3,9H,1,4-8H2,(H,14,18). The maximum atomic E-state index is 11.3. The third-order valence-electron chi connectivity index (χ3n) is 3.72. The SMILES string of the molecule is O=NN1CCN(c2ccc3c(c2)CCC(=O)N3)CC1. The van der Waals surface area contributed by atoms with Gasteiger partial charge in [0.15, 0.2) is 0 Å². The monoisotopic (exact) mass is 260 g/mol. The molecule has 0 radical (unpaired) electrons. The van der Waals surface area contributed by atoms with Gasteiger partial charge in [0.05, 0.1) is 18.4 Å². The highest BCUT2D eigenvalue weighted by molar-refractivity contribution is 5.94. The maximum absolute atomic E-state index is 11.3. The number of carbonyl (C=O) groups excluding carboxylic acids is 1. The van der Waals surface area contributed by atoms with Crippen molar-refractivity contribution < 1.29 is 4.79 Å². The molecule has 1 saturated heterocycles. The van der Waals surface area contributed by atoms with E-state index in [1.54, 1.807) is 5.01 Å². The van der Waals surface area contributed by atoms with Crippen LogP contribution in [0.5, 0.6) is 0 Å². The summed E-state index contributed by atoms with van der Waals surface area (Å²) in [5, 5.41) is 7.40. The van der Waals surface area contributed by atoms with E-state index < -0.39 is 0 Å². The van der Waals surface area contributed by atoms with Gasteiger partial charge in [-0.05, 0) is 30.2 Å². The normalized spacial score (nSPS) is 18.8. The fourth-order valence-electron chi connectivity index (χ4n) is 2.60. The van der Waals surface area contributed by atoms with Crippen LogP contribution in [-0.2, 0) is 11.2 Å². The quantitative estimate of drug-likeness (QED) is 0.816. The summed E-state index contributed by atoms with van der Waals surface area (Å²) in [6.45, 7) is 2.93. The minimum Gasteiger partial charge on any atom is -0.368 e. The molecule has 1 aromatic rings. The molecule has 6 heteroatoms. The third-order valence-corrected chi connectivity index (χ3v) is 3.72. The van der Waals surface area contributed by atoms with Gasteiger partial charge in [0.25, 0.3) is 0 Å². The topological polar surface area (TPSA) is 65.0 Å². The molecule has 6 nitrogen and oxygen atoms in total. The maximum Gasteiger partial charge on any atom is 0.224 e. The zero-order valence-electron chi connectivity index (χ0n) is 10.6. The molecule has 3 rings (SSSR count). The van der Waals surface area contributed by atoms with Crippen LogP contribution >= 0.6 is 0 Å². The van der Waals surface area contributed by atoms with Crippen molar-refractivity contribution in [2.45, 2.75) is 12.8 Å². The van der Waals surface area contributed by atoms with Crippen LogP contribution in [0.2, 0.25) is 0 Å². The van der Waals surface area contributed by atoms with Gasteiger partial charge in [-0.15, -0.1) is 4.91 Å². The first-order valence-electron chi connectivity index (χ1n) is 6.52. The fourth-order valence-corrected chi connectivity index (χ4v) is 2.60. The van der Waals surface area contributed by atoms with Crippen LogP contribution in [0.4, 0.5) is 11.4 Å². The van der Waals surface area contributed by atoms with Crippen LogP contribution in [0.15, 0.2) is 23.5 Å². The van der Waals surface area contributed by atoms with E-state index in [2.05, 4.69) is 21.6 Å². The number of hydrogen-bond acceptors (Lipinski definition) is 4. The number of aryl methyl sites for hydroxylation is 1. The lowest BCUT2D eigenvalue weighted by molar-refractivity contribution is -0.116. The summed E-state index contributed by atoms with van der Waals surface area (Å²) in [7, 11) is 0. The number of benzene rings is 1. The van der Waals surface area contributed by atoms with Crippen molar-refractivity contribution in [3.8, 4) is 0 Å². The molecule has 0 aliphatic carbocycles. The van der Waals surface area contributed by atoms with Crippen molar-refractivity contribution in [2.75, 3.05) is 36.4 Å². The van der Waals surface area contributed by atoms with E-state index in [1.165, 1.54) is 5.56 Å². The number of hydrogen-bond donors (Lipinski definition) is 1. The predicted molar refractivity (Wildman–Crippen MR) is 73.0 cm³/mol. The summed E-state index contributed by atoms with van der Waals surface area (Å²) in [6.07, 6.45) is 1.35. The van der Waals surface area contributed by atoms with Crippen molar-refractivity contribution in [1.29, 1.82) is 0 Å². The Kier molecular flexibility index (Phi) is 3.06. The van der Waals surface area contributed by atoms with Gasteiger partial charge >= 0.3 is 0 Å². The van der Waals surface area contributed by atoms with E-state index in [0.717, 1.165) is 30.9 Å². The summed E-state index contributed by atoms with van der Waals surface area (Å²) in [5.41, 5.74) is 3.27. The van der Waals surface area contributed by atoms with Crippen LogP contribution in [-0.4, -0.2) is 37.1 Å². The Balaban J connectivity index is 1.76. The minimum atomic E-state index is 0.0888. The van der Waals surface area contributed by atoms with E-state index in [1.807, 2.05) is 12.1 Å². The molecule has 0 spiro atoms. The summed E-state index contributed by atoms with van der Waals surface area (Å²) in [6, 6.07) is 6.12. The molecule has 0 saturated carbocycles. The summed E-state index contributed by atoms with van der Waals surface area (Å²) in [4.78, 5) is 24.0. The van der Waals surface area contributed by atoms with Gasteiger partial charge in [-0.1, -0.05) is 0 Å². The average molecular weight is 260 g/mol. The van der Waals surface area contributed by atoms with Gasteiger partial charge in [-0.2, -0.15) is 0 Å². The van der Waals surface area contributed by atoms with Gasteiger partial charge in [-0.25, -0.2) is 0 Å².